The van der Waals surface area contributed by atoms with Crippen molar-refractivity contribution in [3.63, 3.8) is 0 Å². The Kier molecular flexibility index (Phi) is 76.6. The van der Waals surface area contributed by atoms with Crippen LogP contribution in [0.3, 0.4) is 0 Å². The molecule has 0 N–H and O–H groups in total. The van der Waals surface area contributed by atoms with Gasteiger partial charge in [0.2, 0.25) is 0 Å². The van der Waals surface area contributed by atoms with Gasteiger partial charge in [-0.15, -0.1) is 24.2 Å². The summed E-state index contributed by atoms with van der Waals surface area (Å²) < 4.78 is 0. The topological polar surface area (TPSA) is 163 Å². The van der Waals surface area contributed by atoms with Crippen molar-refractivity contribution in [3.05, 3.63) is 169 Å². The fourth-order valence-corrected chi connectivity index (χ4v) is 5.95. The molecule has 1 aliphatic rings. The molecule has 5 rings (SSSR count). The van der Waals surface area contributed by atoms with E-state index in [1.807, 2.05) is 124 Å². The van der Waals surface area contributed by atoms with E-state index in [1.165, 1.54) is 25.6 Å². The summed E-state index contributed by atoms with van der Waals surface area (Å²) in [6.07, 6.45) is 2.55. The first kappa shape index (κ1) is 113. The van der Waals surface area contributed by atoms with E-state index >= 15 is 0 Å². The molecule has 0 bridgehead atoms. The van der Waals surface area contributed by atoms with Crippen LogP contribution in [-0.2, 0) is 72.0 Å². The van der Waals surface area contributed by atoms with E-state index in [2.05, 4.69) is 156 Å². The summed E-state index contributed by atoms with van der Waals surface area (Å²) in [5, 5.41) is 3.84. The van der Waals surface area contributed by atoms with E-state index in [1.54, 1.807) is 35.2 Å². The number of anilines is 1. The van der Waals surface area contributed by atoms with Crippen LogP contribution >= 0.6 is 0 Å². The van der Waals surface area contributed by atoms with Crippen LogP contribution in [0, 0.1) is 56.8 Å². The Labute approximate surface area is 593 Å². The molecule has 1 fully saturated rings. The fraction of sp³-hybridized carbons (Fsp3) is 0.471. The molecule has 514 valence electrons. The van der Waals surface area contributed by atoms with Crippen molar-refractivity contribution in [1.82, 2.24) is 19.9 Å². The number of hydrogen-bond acceptors (Lipinski definition) is 14. The van der Waals surface area contributed by atoms with Crippen molar-refractivity contribution < 1.29 is 72.0 Å². The third kappa shape index (κ3) is 56.7. The minimum atomic E-state index is -0.861. The van der Waals surface area contributed by atoms with Crippen LogP contribution < -0.4 is 4.90 Å². The van der Waals surface area contributed by atoms with Crippen LogP contribution in [0.4, 0.5) is 5.69 Å². The van der Waals surface area contributed by atoms with Gasteiger partial charge in [-0.05, 0) is 131 Å². The van der Waals surface area contributed by atoms with Crippen LogP contribution in [0.15, 0.2) is 107 Å². The second kappa shape index (κ2) is 60.5. The van der Waals surface area contributed by atoms with Gasteiger partial charge in [0.1, 0.15) is 12.8 Å². The van der Waals surface area contributed by atoms with E-state index < -0.39 is 24.2 Å². The largest absolute Gasteiger partial charge is 2.00 e. The molecule has 5 heterocycles. The molecule has 0 aromatic carbocycles. The van der Waals surface area contributed by atoms with Gasteiger partial charge >= 0.3 is 67.1 Å². The standard InChI is InChI=1S/C15H22N4.C13H19N3.C11H15N3O.C11H15N3.3C4H11Si.CH4.5CH3.4Co/c1-11(16-3)14-9-13(19-7-5-6-8-19)10-15(18-14)12(2)17-4;1-5-14-10(3)12-8-7-9-13(16-12)11(4)15-6-2;1-8(12-3)10-6-5-7-11(13-10)9(2)14-15-4;1-8(12-3)10-6-5-7-11(14-10)9(2)13-4;3*1-5(2,3)4;;;;;;;;;;/h9-10H,5-8H2,1-4H3;7-9H,5-6H2,1-4H3;5-7H,1-4H3;5-7H,1-4H3;3*1H2,2-4H3;1H4;5*1H3;;;;/q;;;;3*-1;;5*-1;4*+2. The van der Waals surface area contributed by atoms with Crippen LogP contribution in [0.1, 0.15) is 135 Å². The van der Waals surface area contributed by atoms with Crippen molar-refractivity contribution in [3.8, 4) is 0 Å². The third-order valence-corrected chi connectivity index (χ3v) is 10.2. The summed E-state index contributed by atoms with van der Waals surface area (Å²) in [4.78, 5) is 54.7. The van der Waals surface area contributed by atoms with E-state index in [0.717, 1.165) is 117 Å². The third-order valence-electron chi connectivity index (χ3n) is 10.2. The van der Waals surface area contributed by atoms with Gasteiger partial charge in [-0.2, -0.15) is 0 Å². The van der Waals surface area contributed by atoms with Crippen LogP contribution in [0.2, 0.25) is 58.9 Å². The Bertz CT molecular complexity index is 2530. The molecular weight excluding hydrogens is 1330 g/mol. The minimum absolute atomic E-state index is 0. The molecule has 0 amide bonds. The summed E-state index contributed by atoms with van der Waals surface area (Å²) in [5.74, 6) is 0. The average molecular weight is 1460 g/mol. The van der Waals surface area contributed by atoms with Gasteiger partial charge in [0.05, 0.1) is 85.5 Å². The Morgan fingerprint density at radius 2 is 0.618 bits per heavy atom. The molecule has 0 atom stereocenters. The first-order valence-electron chi connectivity index (χ1n) is 27.3. The zero-order chi connectivity index (χ0) is 61.1. The van der Waals surface area contributed by atoms with Crippen LogP contribution in [0.5, 0.6) is 0 Å². The number of pyridine rings is 4. The maximum Gasteiger partial charge on any atom is 2.00 e. The fourth-order valence-electron chi connectivity index (χ4n) is 5.95. The Morgan fingerprint density at radius 3 is 0.831 bits per heavy atom. The van der Waals surface area contributed by atoms with Crippen molar-refractivity contribution in [1.29, 1.82) is 0 Å². The molecular formula is C68H123Co4N13OSi3. The minimum Gasteiger partial charge on any atom is -0.399 e. The zero-order valence-electron chi connectivity index (χ0n) is 60.3. The summed E-state index contributed by atoms with van der Waals surface area (Å²) in [6, 6.07) is 21.9. The molecule has 0 spiro atoms. The smallest absolute Gasteiger partial charge is 0.399 e. The number of aromatic nitrogens is 4. The zero-order valence-corrected chi connectivity index (χ0v) is 67.4. The molecule has 4 radical (unpaired) electrons. The summed E-state index contributed by atoms with van der Waals surface area (Å²) in [5.41, 5.74) is 15.9. The van der Waals surface area contributed by atoms with Crippen molar-refractivity contribution >= 4 is 75.6 Å². The quantitative estimate of drug-likeness (QED) is 0.0593. The first-order chi connectivity index (χ1) is 36.7. The first-order valence-corrected chi connectivity index (χ1v) is 38.4. The number of hydrogen-bond donors (Lipinski definition) is 0. The number of nitrogens with zero attached hydrogens (tertiary/aromatic N) is 13. The molecule has 21 heteroatoms. The van der Waals surface area contributed by atoms with Gasteiger partial charge in [0.15, 0.2) is 0 Å². The molecule has 89 heavy (non-hydrogen) atoms. The Balaban J connectivity index is -0.0000000799. The SMILES string of the molecule is C.CCN=C(C)c1cccc(C(C)=NCC)n1.CN=C(C)c1cc(N2CCCC2)cc(C(C)=NC)n1.CN=C(C)c1cccc(C(C)=NC)n1.CN=C(C)c1cccc(C(C)=NOC)n1.[CH2-][Si](C)(C)C.[CH2-][Si](C)(C)C.[CH2-][Si](C)(C)C.[CH3-].[CH3-].[CH3-].[CH3-].[CH3-].[Co+2].[Co+2].[Co+2].[Co+2]. The maximum absolute atomic E-state index is 4.70. The second-order valence-electron chi connectivity index (χ2n) is 22.2. The number of oxime groups is 1. The molecule has 1 aliphatic heterocycles. The predicted octanol–water partition coefficient (Wildman–Crippen LogP) is 17.1. The van der Waals surface area contributed by atoms with Gasteiger partial charge in [0.25, 0.3) is 0 Å². The normalized spacial score (nSPS) is 12.2. The van der Waals surface area contributed by atoms with E-state index in [9.17, 15) is 0 Å². The summed E-state index contributed by atoms with van der Waals surface area (Å²) >= 11 is 0. The molecule has 4 aromatic rings. The number of rotatable bonds is 12. The Hall–Kier alpha value is -3.76. The predicted molar refractivity (Wildman–Crippen MR) is 399 cm³/mol. The van der Waals surface area contributed by atoms with Crippen LogP contribution in [0.25, 0.3) is 0 Å². The van der Waals surface area contributed by atoms with Crippen molar-refractivity contribution in [2.24, 2.45) is 40.1 Å². The van der Waals surface area contributed by atoms with E-state index in [-0.39, 0.29) is 112 Å². The molecule has 0 saturated carbocycles. The maximum atomic E-state index is 4.70. The molecule has 4 aromatic heterocycles. The molecule has 0 aliphatic carbocycles. The molecule has 0 unspecified atom stereocenters. The second-order valence-corrected chi connectivity index (χ2v) is 37.6. The monoisotopic (exact) mass is 1460 g/mol. The van der Waals surface area contributed by atoms with Crippen LogP contribution in [-0.4, -0.2) is 158 Å². The van der Waals surface area contributed by atoms with E-state index in [0.29, 0.717) is 0 Å². The van der Waals surface area contributed by atoms with Crippen molar-refractivity contribution in [2.75, 3.05) is 73.4 Å². The number of aliphatic imine (C=N–C) groups is 7. The van der Waals surface area contributed by atoms with Gasteiger partial charge < -0.3 is 66.5 Å². The Morgan fingerprint density at radius 1 is 0.416 bits per heavy atom. The van der Waals surface area contributed by atoms with E-state index in [4.69, 9.17) is 4.84 Å². The summed E-state index contributed by atoms with van der Waals surface area (Å²) in [6.45, 7) is 55.2. The van der Waals surface area contributed by atoms with Crippen molar-refractivity contribution in [2.45, 2.75) is 148 Å². The average Bonchev–Trinajstić information content (AvgIpc) is 3.95. The van der Waals surface area contributed by atoms with Gasteiger partial charge in [-0.25, -0.2) is 19.9 Å². The van der Waals surface area contributed by atoms with Gasteiger partial charge in [-0.3, -0.25) is 34.9 Å². The van der Waals surface area contributed by atoms with Gasteiger partial charge in [-0.1, -0.05) is 89.7 Å². The summed E-state index contributed by atoms with van der Waals surface area (Å²) in [7, 11) is 7.83. The molecule has 14 nitrogen and oxygen atoms in total. The van der Waals surface area contributed by atoms with Gasteiger partial charge in [0, 0.05) is 67.1 Å². The molecule has 1 saturated heterocycles.